The molecular formula is C17H20BrN3O2S. The second-order valence-corrected chi connectivity index (χ2v) is 7.91. The van der Waals surface area contributed by atoms with E-state index in [1.54, 1.807) is 0 Å². The van der Waals surface area contributed by atoms with Crippen LogP contribution in [-0.4, -0.2) is 22.7 Å². The number of anilines is 1. The van der Waals surface area contributed by atoms with E-state index in [0.717, 1.165) is 15.0 Å². The molecule has 1 aliphatic carbocycles. The molecule has 0 radical (unpaired) electrons. The number of benzene rings is 1. The molecule has 1 aromatic heterocycles. The molecule has 1 saturated carbocycles. The summed E-state index contributed by atoms with van der Waals surface area (Å²) in [6.45, 7) is 1.95. The summed E-state index contributed by atoms with van der Waals surface area (Å²) >= 11 is 4.91. The van der Waals surface area contributed by atoms with Crippen LogP contribution in [-0.2, 0) is 4.79 Å². The fourth-order valence-electron chi connectivity index (χ4n) is 2.82. The minimum absolute atomic E-state index is 0.0556. The summed E-state index contributed by atoms with van der Waals surface area (Å²) in [4.78, 5) is 12.0. The molecule has 7 heteroatoms. The van der Waals surface area contributed by atoms with E-state index in [0.29, 0.717) is 16.8 Å². The highest BCUT2D eigenvalue weighted by Gasteiger charge is 2.20. The van der Waals surface area contributed by atoms with E-state index < -0.39 is 0 Å². The molecule has 0 spiro atoms. The largest absolute Gasteiger partial charge is 0.483 e. The van der Waals surface area contributed by atoms with Crippen LogP contribution in [0.5, 0.6) is 5.75 Å². The van der Waals surface area contributed by atoms with Gasteiger partial charge in [0.2, 0.25) is 5.13 Å². The molecular weight excluding hydrogens is 390 g/mol. The SMILES string of the molecule is Cc1ccc(OCC(=O)Nc2nnc(C3CCCCC3)s2)c(Br)c1. The number of halogens is 1. The van der Waals surface area contributed by atoms with Crippen molar-refractivity contribution in [2.24, 2.45) is 0 Å². The van der Waals surface area contributed by atoms with Gasteiger partial charge < -0.3 is 4.74 Å². The molecule has 0 bridgehead atoms. The third-order valence-corrected chi connectivity index (χ3v) is 5.71. The molecule has 5 nitrogen and oxygen atoms in total. The smallest absolute Gasteiger partial charge is 0.264 e. The number of carbonyl (C=O) groups is 1. The molecule has 0 aliphatic heterocycles. The lowest BCUT2D eigenvalue weighted by atomic mass is 9.90. The Bertz CT molecular complexity index is 714. The van der Waals surface area contributed by atoms with Gasteiger partial charge in [0.15, 0.2) is 6.61 Å². The Morgan fingerprint density at radius 2 is 2.12 bits per heavy atom. The minimum atomic E-state index is -0.228. The van der Waals surface area contributed by atoms with Crippen LogP contribution >= 0.6 is 27.3 Å². The van der Waals surface area contributed by atoms with Gasteiger partial charge in [0.1, 0.15) is 10.8 Å². The lowest BCUT2D eigenvalue weighted by Gasteiger charge is -2.18. The van der Waals surface area contributed by atoms with Crippen molar-refractivity contribution < 1.29 is 9.53 Å². The number of aryl methyl sites for hydroxylation is 1. The van der Waals surface area contributed by atoms with Gasteiger partial charge in [-0.2, -0.15) is 0 Å². The first kappa shape index (κ1) is 17.4. The number of hydrogen-bond acceptors (Lipinski definition) is 5. The van der Waals surface area contributed by atoms with Crippen molar-refractivity contribution >= 4 is 38.3 Å². The van der Waals surface area contributed by atoms with Crippen LogP contribution in [0, 0.1) is 6.92 Å². The fourth-order valence-corrected chi connectivity index (χ4v) is 4.36. The predicted octanol–water partition coefficient (Wildman–Crippen LogP) is 4.67. The third-order valence-electron chi connectivity index (χ3n) is 4.09. The van der Waals surface area contributed by atoms with Gasteiger partial charge in [-0.25, -0.2) is 0 Å². The Kier molecular flexibility index (Phi) is 5.84. The van der Waals surface area contributed by atoms with Crippen LogP contribution < -0.4 is 10.1 Å². The summed E-state index contributed by atoms with van der Waals surface area (Å²) in [6.07, 6.45) is 6.17. The van der Waals surface area contributed by atoms with E-state index in [1.165, 1.54) is 43.4 Å². The summed E-state index contributed by atoms with van der Waals surface area (Å²) in [5.74, 6) is 0.923. The third kappa shape index (κ3) is 4.54. The van der Waals surface area contributed by atoms with Crippen molar-refractivity contribution in [3.63, 3.8) is 0 Å². The van der Waals surface area contributed by atoms with Gasteiger partial charge in [-0.15, -0.1) is 10.2 Å². The Hall–Kier alpha value is -1.47. The molecule has 3 rings (SSSR count). The highest BCUT2D eigenvalue weighted by atomic mass is 79.9. The second kappa shape index (κ2) is 8.07. The van der Waals surface area contributed by atoms with E-state index in [9.17, 15) is 4.79 Å². The van der Waals surface area contributed by atoms with Crippen molar-refractivity contribution in [2.45, 2.75) is 44.9 Å². The average molecular weight is 410 g/mol. The van der Waals surface area contributed by atoms with Gasteiger partial charge in [0.05, 0.1) is 4.47 Å². The van der Waals surface area contributed by atoms with Crippen LogP contribution in [0.4, 0.5) is 5.13 Å². The van der Waals surface area contributed by atoms with Gasteiger partial charge in [0, 0.05) is 5.92 Å². The number of carbonyl (C=O) groups excluding carboxylic acids is 1. The highest BCUT2D eigenvalue weighted by molar-refractivity contribution is 9.10. The van der Waals surface area contributed by atoms with E-state index in [-0.39, 0.29) is 12.5 Å². The number of nitrogens with one attached hydrogen (secondary N) is 1. The number of nitrogens with zero attached hydrogens (tertiary/aromatic N) is 2. The summed E-state index contributed by atoms with van der Waals surface area (Å²) in [7, 11) is 0. The zero-order valence-electron chi connectivity index (χ0n) is 13.5. The van der Waals surface area contributed by atoms with Crippen LogP contribution in [0.1, 0.15) is 48.6 Å². The first-order valence-corrected chi connectivity index (χ1v) is 9.75. The van der Waals surface area contributed by atoms with E-state index in [4.69, 9.17) is 4.74 Å². The molecule has 0 saturated heterocycles. The predicted molar refractivity (Wildman–Crippen MR) is 98.7 cm³/mol. The quantitative estimate of drug-likeness (QED) is 0.778. The maximum atomic E-state index is 12.0. The molecule has 2 aromatic rings. The average Bonchev–Trinajstić information content (AvgIpc) is 3.03. The standard InChI is InChI=1S/C17H20BrN3O2S/c1-11-7-8-14(13(18)9-11)23-10-15(22)19-17-21-20-16(24-17)12-5-3-2-4-6-12/h7-9,12H,2-6,10H2,1H3,(H,19,21,22). The topological polar surface area (TPSA) is 64.1 Å². The van der Waals surface area contributed by atoms with Gasteiger partial charge >= 0.3 is 0 Å². The lowest BCUT2D eigenvalue weighted by molar-refractivity contribution is -0.118. The minimum Gasteiger partial charge on any atom is -0.483 e. The first-order valence-electron chi connectivity index (χ1n) is 8.14. The van der Waals surface area contributed by atoms with Gasteiger partial charge in [-0.05, 0) is 53.4 Å². The molecule has 1 heterocycles. The number of hydrogen-bond donors (Lipinski definition) is 1. The van der Waals surface area contributed by atoms with Crippen LogP contribution in [0.3, 0.4) is 0 Å². The lowest BCUT2D eigenvalue weighted by Crippen LogP contribution is -2.20. The molecule has 1 aliphatic rings. The molecule has 128 valence electrons. The normalized spacial score (nSPS) is 15.2. The number of amides is 1. The van der Waals surface area contributed by atoms with Gasteiger partial charge in [-0.1, -0.05) is 36.7 Å². The van der Waals surface area contributed by atoms with Crippen molar-refractivity contribution in [1.29, 1.82) is 0 Å². The summed E-state index contributed by atoms with van der Waals surface area (Å²) in [5, 5.41) is 12.7. The van der Waals surface area contributed by atoms with Crippen molar-refractivity contribution in [3.05, 3.63) is 33.2 Å². The van der Waals surface area contributed by atoms with Crippen LogP contribution in [0.15, 0.2) is 22.7 Å². The zero-order valence-corrected chi connectivity index (χ0v) is 16.0. The maximum Gasteiger partial charge on any atom is 0.264 e. The summed E-state index contributed by atoms with van der Waals surface area (Å²) in [5.41, 5.74) is 1.13. The Morgan fingerprint density at radius 1 is 1.33 bits per heavy atom. The summed E-state index contributed by atoms with van der Waals surface area (Å²) in [6, 6.07) is 5.74. The van der Waals surface area contributed by atoms with E-state index in [1.807, 2.05) is 25.1 Å². The fraction of sp³-hybridized carbons (Fsp3) is 0.471. The Balaban J connectivity index is 1.52. The first-order chi connectivity index (χ1) is 11.6. The molecule has 1 fully saturated rings. The van der Waals surface area contributed by atoms with Crippen LogP contribution in [0.25, 0.3) is 0 Å². The Morgan fingerprint density at radius 3 is 2.88 bits per heavy atom. The van der Waals surface area contributed by atoms with E-state index in [2.05, 4.69) is 31.4 Å². The molecule has 1 amide bonds. The molecule has 0 atom stereocenters. The highest BCUT2D eigenvalue weighted by Crippen LogP contribution is 2.35. The number of rotatable bonds is 5. The zero-order chi connectivity index (χ0) is 16.9. The molecule has 24 heavy (non-hydrogen) atoms. The van der Waals surface area contributed by atoms with E-state index >= 15 is 0 Å². The molecule has 1 aromatic carbocycles. The molecule has 1 N–H and O–H groups in total. The van der Waals surface area contributed by atoms with Crippen molar-refractivity contribution in [1.82, 2.24) is 10.2 Å². The number of aromatic nitrogens is 2. The van der Waals surface area contributed by atoms with Crippen molar-refractivity contribution in [3.8, 4) is 5.75 Å². The van der Waals surface area contributed by atoms with Gasteiger partial charge in [-0.3, -0.25) is 10.1 Å². The second-order valence-electron chi connectivity index (χ2n) is 6.05. The Labute approximate surface area is 154 Å². The van der Waals surface area contributed by atoms with Gasteiger partial charge in [0.25, 0.3) is 5.91 Å². The summed E-state index contributed by atoms with van der Waals surface area (Å²) < 4.78 is 6.39. The van der Waals surface area contributed by atoms with Crippen LogP contribution in [0.2, 0.25) is 0 Å². The maximum absolute atomic E-state index is 12.0. The number of ether oxygens (including phenoxy) is 1. The molecule has 0 unspecified atom stereocenters. The van der Waals surface area contributed by atoms with Crippen molar-refractivity contribution in [2.75, 3.05) is 11.9 Å². The monoisotopic (exact) mass is 409 g/mol.